The number of nitrogens with one attached hydrogen (secondary N) is 1. The Morgan fingerprint density at radius 1 is 1.64 bits per heavy atom. The van der Waals surface area contributed by atoms with E-state index in [4.69, 9.17) is 19.1 Å². The van der Waals surface area contributed by atoms with Crippen molar-refractivity contribution in [2.75, 3.05) is 13.8 Å². The summed E-state index contributed by atoms with van der Waals surface area (Å²) in [5.41, 5.74) is -0.0234. The van der Waals surface area contributed by atoms with Gasteiger partial charge >= 0.3 is 0 Å². The van der Waals surface area contributed by atoms with Gasteiger partial charge in [-0.05, 0) is 38.0 Å². The Labute approximate surface area is 93.9 Å². The van der Waals surface area contributed by atoms with Gasteiger partial charge in [0, 0.05) is 11.5 Å². The molecule has 0 aromatic heterocycles. The van der Waals surface area contributed by atoms with E-state index in [9.17, 15) is 0 Å². The fourth-order valence-electron chi connectivity index (χ4n) is 1.12. The van der Waals surface area contributed by atoms with E-state index < -0.39 is 19.3 Å². The van der Waals surface area contributed by atoms with Crippen molar-refractivity contribution >= 4 is 0 Å². The number of ether oxygens (including phenoxy) is 2. The number of hydrogen-bond donors (Lipinski definition) is 1. The maximum absolute atomic E-state index is 8.05. The van der Waals surface area contributed by atoms with Gasteiger partial charge in [-0.25, -0.2) is 0 Å². The third kappa shape index (κ3) is 1.82. The quantitative estimate of drug-likeness (QED) is 0.803. The molecule has 3 heteroatoms. The fraction of sp³-hybridized carbons (Fsp3) is 0.455. The van der Waals surface area contributed by atoms with E-state index in [1.54, 1.807) is 0 Å². The number of fused-ring (bicyclic) bond motifs is 1. The normalized spacial score (nSPS) is 25.9. The lowest BCUT2D eigenvalue weighted by molar-refractivity contribution is 0.174. The van der Waals surface area contributed by atoms with Crippen LogP contribution in [0.4, 0.5) is 0 Å². The van der Waals surface area contributed by atoms with Crippen LogP contribution in [-0.2, 0) is 6.42 Å². The first-order chi connectivity index (χ1) is 9.62. The maximum atomic E-state index is 8.05. The molecule has 1 aromatic carbocycles. The lowest BCUT2D eigenvalue weighted by Crippen LogP contribution is -2.23. The van der Waals surface area contributed by atoms with Crippen LogP contribution in [0.2, 0.25) is 0 Å². The minimum atomic E-state index is -2.65. The van der Waals surface area contributed by atoms with Crippen molar-refractivity contribution in [1.82, 2.24) is 5.32 Å². The Bertz CT molecular complexity index is 575. The van der Waals surface area contributed by atoms with Crippen LogP contribution in [0.1, 0.15) is 22.0 Å². The van der Waals surface area contributed by atoms with Crippen molar-refractivity contribution < 1.29 is 19.1 Å². The van der Waals surface area contributed by atoms with Gasteiger partial charge in [-0.15, -0.1) is 0 Å². The summed E-state index contributed by atoms with van der Waals surface area (Å²) in [6.45, 7) is -2.80. The van der Waals surface area contributed by atoms with Gasteiger partial charge in [0.05, 0.1) is 4.11 Å². The highest BCUT2D eigenvalue weighted by molar-refractivity contribution is 5.44. The van der Waals surface area contributed by atoms with Crippen molar-refractivity contribution in [3.63, 3.8) is 0 Å². The SMILES string of the molecule is [2H]c1c([2H])c2c(c([2H])c1CC([2H])(NC)C([2H])([2H])[2H])OCO2. The van der Waals surface area contributed by atoms with Gasteiger partial charge in [-0.3, -0.25) is 0 Å². The van der Waals surface area contributed by atoms with Gasteiger partial charge < -0.3 is 14.8 Å². The monoisotopic (exact) mass is 200 g/mol. The molecule has 0 amide bonds. The lowest BCUT2D eigenvalue weighted by Gasteiger charge is -2.09. The van der Waals surface area contributed by atoms with Crippen molar-refractivity contribution in [3.05, 3.63) is 23.7 Å². The third-order valence-electron chi connectivity index (χ3n) is 1.86. The van der Waals surface area contributed by atoms with Crippen LogP contribution >= 0.6 is 0 Å². The third-order valence-corrected chi connectivity index (χ3v) is 1.86. The zero-order valence-electron chi connectivity index (χ0n) is 14.7. The second kappa shape index (κ2) is 3.88. The highest BCUT2D eigenvalue weighted by Gasteiger charge is 2.13. The minimum Gasteiger partial charge on any atom is -0.454 e. The smallest absolute Gasteiger partial charge is 0.231 e. The van der Waals surface area contributed by atoms with E-state index in [0.29, 0.717) is 0 Å². The minimum absolute atomic E-state index is 0.0164. The molecule has 1 aromatic rings. The molecule has 0 radical (unpaired) electrons. The molecule has 0 spiro atoms. The fourth-order valence-corrected chi connectivity index (χ4v) is 1.12. The van der Waals surface area contributed by atoms with Gasteiger partial charge in [0.25, 0.3) is 0 Å². The molecule has 1 aliphatic heterocycles. The van der Waals surface area contributed by atoms with E-state index >= 15 is 0 Å². The van der Waals surface area contributed by atoms with Gasteiger partial charge in [0.15, 0.2) is 11.5 Å². The Hall–Kier alpha value is -1.22. The van der Waals surface area contributed by atoms with Gasteiger partial charge in [-0.1, -0.05) is 6.04 Å². The molecule has 0 saturated heterocycles. The zero-order valence-corrected chi connectivity index (χ0v) is 7.73. The first-order valence-electron chi connectivity index (χ1n) is 7.69. The average Bonchev–Trinajstić information content (AvgIpc) is 2.89. The summed E-state index contributed by atoms with van der Waals surface area (Å²) in [6.07, 6.45) is -0.416. The van der Waals surface area contributed by atoms with E-state index in [0.717, 1.165) is 0 Å². The molecule has 0 bridgehead atoms. The first-order valence-corrected chi connectivity index (χ1v) is 4.19. The predicted molar refractivity (Wildman–Crippen MR) is 54.8 cm³/mol. The van der Waals surface area contributed by atoms with Crippen molar-refractivity contribution in [1.29, 1.82) is 0 Å². The lowest BCUT2D eigenvalue weighted by atomic mass is 10.1. The van der Waals surface area contributed by atoms with Crippen molar-refractivity contribution in [2.24, 2.45) is 0 Å². The molecule has 0 fully saturated rings. The second-order valence-corrected chi connectivity index (χ2v) is 2.82. The number of benzene rings is 1. The summed E-state index contributed by atoms with van der Waals surface area (Å²) in [7, 11) is 1.33. The summed E-state index contributed by atoms with van der Waals surface area (Å²) >= 11 is 0. The summed E-state index contributed by atoms with van der Waals surface area (Å²) in [6, 6.07) is -2.85. The molecule has 1 aliphatic rings. The summed E-state index contributed by atoms with van der Waals surface area (Å²) in [5, 5.41) is 2.41. The molecule has 0 saturated carbocycles. The van der Waals surface area contributed by atoms with Crippen molar-refractivity contribution in [2.45, 2.75) is 19.3 Å². The first kappa shape index (κ1) is 4.11. The Morgan fingerprint density at radius 3 is 3.29 bits per heavy atom. The molecular weight excluding hydrogens is 178 g/mol. The van der Waals surface area contributed by atoms with Gasteiger partial charge in [0.1, 0.15) is 0 Å². The van der Waals surface area contributed by atoms with Crippen LogP contribution in [0.25, 0.3) is 0 Å². The van der Waals surface area contributed by atoms with Gasteiger partial charge in [-0.2, -0.15) is 0 Å². The molecule has 2 rings (SSSR count). The Kier molecular flexibility index (Phi) is 1.14. The highest BCUT2D eigenvalue weighted by atomic mass is 16.7. The molecule has 14 heavy (non-hydrogen) atoms. The van der Waals surface area contributed by atoms with E-state index in [-0.39, 0.29) is 42.0 Å². The summed E-state index contributed by atoms with van der Waals surface area (Å²) < 4.78 is 64.3. The standard InChI is InChI=1S/C11H15NO2/c1-8(12-2)5-9-3-4-10-11(6-9)14-7-13-10/h3-4,6,8,12H,5,7H2,1-2H3/i1D3,3D,4D,6D,8D. The van der Waals surface area contributed by atoms with E-state index in [1.165, 1.54) is 7.05 Å². The van der Waals surface area contributed by atoms with Crippen LogP contribution in [0, 0.1) is 0 Å². The molecule has 1 heterocycles. The molecule has 0 aliphatic carbocycles. The topological polar surface area (TPSA) is 30.5 Å². The molecular formula is C11H15NO2. The maximum Gasteiger partial charge on any atom is 0.231 e. The molecule has 76 valence electrons. The Balaban J connectivity index is 2.53. The average molecular weight is 200 g/mol. The zero-order chi connectivity index (χ0) is 16.0. The summed E-state index contributed by atoms with van der Waals surface area (Å²) in [5.74, 6) is 0.0395. The predicted octanol–water partition coefficient (Wildman–Crippen LogP) is 1.57. The summed E-state index contributed by atoms with van der Waals surface area (Å²) in [4.78, 5) is 0. The number of rotatable bonds is 3. The molecule has 3 nitrogen and oxygen atoms in total. The van der Waals surface area contributed by atoms with Crippen LogP contribution in [0.3, 0.4) is 0 Å². The van der Waals surface area contributed by atoms with Crippen LogP contribution < -0.4 is 14.8 Å². The van der Waals surface area contributed by atoms with Crippen molar-refractivity contribution in [3.8, 4) is 11.5 Å². The van der Waals surface area contributed by atoms with E-state index in [2.05, 4.69) is 5.32 Å². The highest BCUT2D eigenvalue weighted by Crippen LogP contribution is 2.32. The largest absolute Gasteiger partial charge is 0.454 e. The van der Waals surface area contributed by atoms with E-state index in [1.807, 2.05) is 0 Å². The Morgan fingerprint density at radius 2 is 2.50 bits per heavy atom. The number of likely N-dealkylation sites (N-methyl/N-ethyl adjacent to an activating group) is 1. The molecule has 1 atom stereocenters. The van der Waals surface area contributed by atoms with Crippen LogP contribution in [-0.4, -0.2) is 19.9 Å². The second-order valence-electron chi connectivity index (χ2n) is 2.82. The number of hydrogen-bond acceptors (Lipinski definition) is 3. The van der Waals surface area contributed by atoms with Crippen LogP contribution in [0.15, 0.2) is 18.1 Å². The van der Waals surface area contributed by atoms with Crippen LogP contribution in [0.5, 0.6) is 11.5 Å². The molecule has 1 unspecified atom stereocenters. The van der Waals surface area contributed by atoms with Gasteiger partial charge in [0.2, 0.25) is 6.79 Å². The molecule has 1 N–H and O–H groups in total.